The van der Waals surface area contributed by atoms with Crippen LogP contribution in [0, 0.1) is 11.8 Å². The van der Waals surface area contributed by atoms with Crippen LogP contribution in [0.1, 0.15) is 46.5 Å². The van der Waals surface area contributed by atoms with E-state index in [-0.39, 0.29) is 24.5 Å². The van der Waals surface area contributed by atoms with E-state index in [0.717, 1.165) is 12.7 Å². The third-order valence-electron chi connectivity index (χ3n) is 7.10. The molecule has 3 N–H and O–H groups in total. The second kappa shape index (κ2) is 14.0. The lowest BCUT2D eigenvalue weighted by Gasteiger charge is -2.42. The van der Waals surface area contributed by atoms with E-state index in [0.29, 0.717) is 24.0 Å². The summed E-state index contributed by atoms with van der Waals surface area (Å²) in [6.45, 7) is 5.04. The van der Waals surface area contributed by atoms with Crippen molar-refractivity contribution in [3.05, 3.63) is 35.1 Å². The highest BCUT2D eigenvalue weighted by molar-refractivity contribution is 5.90. The number of aliphatic hydroxyl groups excluding tert-OH is 3. The van der Waals surface area contributed by atoms with E-state index in [2.05, 4.69) is 0 Å². The van der Waals surface area contributed by atoms with Crippen molar-refractivity contribution in [2.75, 3.05) is 20.3 Å². The Balaban J connectivity index is 1.91. The molecule has 3 rings (SSSR count). The van der Waals surface area contributed by atoms with Gasteiger partial charge in [0.25, 0.3) is 0 Å². The van der Waals surface area contributed by atoms with Crippen LogP contribution in [0.3, 0.4) is 0 Å². The number of cyclic esters (lactones) is 2. The van der Waals surface area contributed by atoms with Gasteiger partial charge in [0, 0.05) is 17.1 Å². The van der Waals surface area contributed by atoms with Crippen LogP contribution in [0.15, 0.2) is 35.1 Å². The fourth-order valence-electron chi connectivity index (χ4n) is 4.60. The van der Waals surface area contributed by atoms with Crippen molar-refractivity contribution in [1.29, 1.82) is 0 Å². The molecule has 4 bridgehead atoms. The van der Waals surface area contributed by atoms with Gasteiger partial charge >= 0.3 is 17.9 Å². The molecule has 218 valence electrons. The molecule has 0 spiro atoms. The summed E-state index contributed by atoms with van der Waals surface area (Å²) in [6.07, 6.45) is -2.72. The van der Waals surface area contributed by atoms with Crippen molar-refractivity contribution in [2.45, 2.75) is 83.5 Å². The van der Waals surface area contributed by atoms with Crippen LogP contribution in [-0.4, -0.2) is 90.5 Å². The molecule has 0 radical (unpaired) electrons. The predicted octanol–water partition coefficient (Wildman–Crippen LogP) is 1.03. The number of ether oxygens (including phenoxy) is 6. The summed E-state index contributed by atoms with van der Waals surface area (Å²) in [7, 11) is 1.20. The number of methoxy groups -OCH3 is 1. The highest BCUT2D eigenvalue weighted by atomic mass is 16.8. The fourth-order valence-corrected chi connectivity index (χ4v) is 4.60. The maximum atomic E-state index is 12.8. The number of esters is 3. The summed E-state index contributed by atoms with van der Waals surface area (Å²) in [4.78, 5) is 37.7. The van der Waals surface area contributed by atoms with Gasteiger partial charge in [0.1, 0.15) is 31.0 Å². The van der Waals surface area contributed by atoms with Crippen molar-refractivity contribution in [3.63, 3.8) is 0 Å². The van der Waals surface area contributed by atoms with Gasteiger partial charge < -0.3 is 43.7 Å². The number of hydrogen-bond donors (Lipinski definition) is 3. The lowest BCUT2D eigenvalue weighted by molar-refractivity contribution is -0.328. The van der Waals surface area contributed by atoms with Gasteiger partial charge in [-0.1, -0.05) is 19.1 Å². The van der Waals surface area contributed by atoms with Gasteiger partial charge in [0.05, 0.1) is 32.0 Å². The zero-order chi connectivity index (χ0) is 28.7. The molecule has 2 unspecified atom stereocenters. The van der Waals surface area contributed by atoms with E-state index < -0.39 is 67.4 Å². The molecule has 0 saturated carbocycles. The lowest BCUT2D eigenvalue weighted by atomic mass is 9.86. The first-order valence-electron chi connectivity index (χ1n) is 13.0. The Hall–Kier alpha value is -2.77. The van der Waals surface area contributed by atoms with Gasteiger partial charge in [0.15, 0.2) is 6.29 Å². The molecule has 0 aromatic heterocycles. The third kappa shape index (κ3) is 7.67. The first-order chi connectivity index (χ1) is 18.6. The first kappa shape index (κ1) is 30.8. The SMILES string of the molecule is C/C=C1\C2CC(=O)OCCC(C)CC/C=C(\C)C(=O)OC[C@H]3O[C@@H](O[C@@H]1OC=C2C(=O)OC)[C@H](O)[C@@H](O)[C@@H]3O. The molecule has 3 aliphatic heterocycles. The number of hydrogen-bond acceptors (Lipinski definition) is 12. The number of carbonyl (C=O) groups is 3. The quantitative estimate of drug-likeness (QED) is 0.240. The molecule has 0 aliphatic carbocycles. The number of carbonyl (C=O) groups excluding carboxylic acids is 3. The highest BCUT2D eigenvalue weighted by Crippen LogP contribution is 2.36. The predicted molar refractivity (Wildman–Crippen MR) is 133 cm³/mol. The Bertz CT molecular complexity index is 985. The summed E-state index contributed by atoms with van der Waals surface area (Å²) >= 11 is 0. The summed E-state index contributed by atoms with van der Waals surface area (Å²) in [5.74, 6) is -2.47. The summed E-state index contributed by atoms with van der Waals surface area (Å²) in [6, 6.07) is 0. The first-order valence-corrected chi connectivity index (χ1v) is 13.0. The lowest BCUT2D eigenvalue weighted by Crippen LogP contribution is -2.60. The molecule has 1 saturated heterocycles. The molecule has 12 heteroatoms. The monoisotopic (exact) mass is 554 g/mol. The van der Waals surface area contributed by atoms with E-state index in [1.807, 2.05) is 6.92 Å². The van der Waals surface area contributed by atoms with Crippen LogP contribution < -0.4 is 0 Å². The average Bonchev–Trinajstić information content (AvgIpc) is 2.91. The molecule has 0 aromatic carbocycles. The molecule has 0 aromatic rings. The molecule has 8 atom stereocenters. The second-order valence-corrected chi connectivity index (χ2v) is 9.91. The summed E-state index contributed by atoms with van der Waals surface area (Å²) < 4.78 is 32.7. The molecule has 3 aliphatic rings. The number of allylic oxidation sites excluding steroid dienone is 2. The van der Waals surface area contributed by atoms with Crippen LogP contribution in [0.4, 0.5) is 0 Å². The van der Waals surface area contributed by atoms with Crippen molar-refractivity contribution in [3.8, 4) is 0 Å². The standard InChI is InChI=1S/C27H38O12/c1-5-16-17-11-20(28)35-10-9-14(2)7-6-8-15(3)24(32)36-13-19-21(29)22(30)23(31)27(38-19)39-26(16)37-12-18(17)25(33)34-4/h5,8,12,14,17,19,21-23,26-27,29-31H,6-7,9-11,13H2,1-4H3/b15-8+,16-5+/t14?,17?,19-,21-,22+,23-,26+,27+/m1/s1. The van der Waals surface area contributed by atoms with Crippen LogP contribution in [-0.2, 0) is 42.8 Å². The largest absolute Gasteiger partial charge is 0.468 e. The van der Waals surface area contributed by atoms with E-state index in [4.69, 9.17) is 28.4 Å². The maximum absolute atomic E-state index is 12.8. The summed E-state index contributed by atoms with van der Waals surface area (Å²) in [5.41, 5.74) is 0.803. The van der Waals surface area contributed by atoms with Gasteiger partial charge in [-0.2, -0.15) is 0 Å². The van der Waals surface area contributed by atoms with Crippen LogP contribution in [0.25, 0.3) is 0 Å². The number of aliphatic hydroxyl groups is 3. The van der Waals surface area contributed by atoms with Gasteiger partial charge in [-0.05, 0) is 39.0 Å². The minimum absolute atomic E-state index is 0.0745. The highest BCUT2D eigenvalue weighted by Gasteiger charge is 2.47. The zero-order valence-electron chi connectivity index (χ0n) is 22.6. The second-order valence-electron chi connectivity index (χ2n) is 9.91. The van der Waals surface area contributed by atoms with E-state index in [1.165, 1.54) is 7.11 Å². The fraction of sp³-hybridized carbons (Fsp3) is 0.667. The smallest absolute Gasteiger partial charge is 0.337 e. The topological polar surface area (TPSA) is 167 Å². The Labute approximate surface area is 227 Å². The van der Waals surface area contributed by atoms with E-state index in [1.54, 1.807) is 26.0 Å². The Morgan fingerprint density at radius 2 is 1.82 bits per heavy atom. The van der Waals surface area contributed by atoms with E-state index in [9.17, 15) is 29.7 Å². The van der Waals surface area contributed by atoms with Gasteiger partial charge in [-0.25, -0.2) is 9.59 Å². The normalized spacial score (nSPS) is 37.8. The molecular formula is C27H38O12. The molecule has 39 heavy (non-hydrogen) atoms. The molecule has 1 fully saturated rings. The molecular weight excluding hydrogens is 516 g/mol. The van der Waals surface area contributed by atoms with Crippen LogP contribution in [0.2, 0.25) is 0 Å². The van der Waals surface area contributed by atoms with Gasteiger partial charge in [-0.3, -0.25) is 4.79 Å². The van der Waals surface area contributed by atoms with Crippen molar-refractivity contribution in [2.24, 2.45) is 11.8 Å². The van der Waals surface area contributed by atoms with E-state index >= 15 is 0 Å². The minimum atomic E-state index is -1.69. The number of fused-ring (bicyclic) bond motifs is 4. The average molecular weight is 555 g/mol. The Kier molecular flexibility index (Phi) is 11.1. The van der Waals surface area contributed by atoms with Gasteiger partial charge in [0.2, 0.25) is 6.29 Å². The molecule has 0 amide bonds. The number of rotatable bonds is 1. The summed E-state index contributed by atoms with van der Waals surface area (Å²) in [5, 5.41) is 31.4. The minimum Gasteiger partial charge on any atom is -0.468 e. The van der Waals surface area contributed by atoms with Gasteiger partial charge in [-0.15, -0.1) is 0 Å². The van der Waals surface area contributed by atoms with Crippen LogP contribution in [0.5, 0.6) is 0 Å². The Morgan fingerprint density at radius 1 is 1.08 bits per heavy atom. The molecule has 12 nitrogen and oxygen atoms in total. The maximum Gasteiger partial charge on any atom is 0.337 e. The van der Waals surface area contributed by atoms with Crippen molar-refractivity contribution >= 4 is 17.9 Å². The zero-order valence-corrected chi connectivity index (χ0v) is 22.6. The third-order valence-corrected chi connectivity index (χ3v) is 7.10. The molecule has 3 heterocycles. The Morgan fingerprint density at radius 3 is 2.51 bits per heavy atom. The van der Waals surface area contributed by atoms with Crippen molar-refractivity contribution < 1.29 is 58.1 Å². The van der Waals surface area contributed by atoms with Crippen LogP contribution >= 0.6 is 0 Å². The van der Waals surface area contributed by atoms with Crippen molar-refractivity contribution in [1.82, 2.24) is 0 Å².